The Labute approximate surface area is 71.5 Å². The molecule has 0 saturated carbocycles. The number of carbonyl (C=O) groups excluding carboxylic acids is 2. The fourth-order valence-corrected chi connectivity index (χ4v) is 1.22. The number of carbonyl (C=O) groups is 2. The number of nitrogens with zero attached hydrogens (tertiary/aromatic N) is 1. The molecule has 1 rings (SSSR count). The lowest BCUT2D eigenvalue weighted by Crippen LogP contribution is -2.36. The zero-order chi connectivity index (χ0) is 8.97. The zero-order valence-corrected chi connectivity index (χ0v) is 7.16. The number of hydrogen-bond donors (Lipinski definition) is 0. The average molecular weight is 171 g/mol. The summed E-state index contributed by atoms with van der Waals surface area (Å²) in [4.78, 5) is 22.9. The SMILES string of the molecule is CN(CC=O)C(=O)C1CCCO1. The maximum absolute atomic E-state index is 11.4. The molecule has 0 N–H and O–H groups in total. The van der Waals surface area contributed by atoms with Gasteiger partial charge in [0.05, 0.1) is 6.54 Å². The molecular weight excluding hydrogens is 158 g/mol. The molecule has 0 bridgehead atoms. The highest BCUT2D eigenvalue weighted by Crippen LogP contribution is 2.13. The molecule has 1 heterocycles. The molecule has 0 radical (unpaired) electrons. The summed E-state index contributed by atoms with van der Waals surface area (Å²) in [6, 6.07) is 0. The molecule has 1 aliphatic rings. The molecule has 1 aliphatic heterocycles. The summed E-state index contributed by atoms with van der Waals surface area (Å²) in [6.07, 6.45) is 2.12. The summed E-state index contributed by atoms with van der Waals surface area (Å²) >= 11 is 0. The van der Waals surface area contributed by atoms with Gasteiger partial charge in [0.25, 0.3) is 5.91 Å². The van der Waals surface area contributed by atoms with E-state index in [9.17, 15) is 9.59 Å². The van der Waals surface area contributed by atoms with E-state index in [1.54, 1.807) is 7.05 Å². The minimum atomic E-state index is -0.310. The highest BCUT2D eigenvalue weighted by molar-refractivity contribution is 5.82. The predicted octanol–water partition coefficient (Wildman–Crippen LogP) is -0.177. The van der Waals surface area contributed by atoms with Crippen LogP contribution in [0.15, 0.2) is 0 Å². The van der Waals surface area contributed by atoms with E-state index in [1.807, 2.05) is 0 Å². The van der Waals surface area contributed by atoms with E-state index in [0.717, 1.165) is 12.8 Å². The lowest BCUT2D eigenvalue weighted by Gasteiger charge is -2.17. The van der Waals surface area contributed by atoms with E-state index in [2.05, 4.69) is 0 Å². The molecular formula is C8H13NO3. The van der Waals surface area contributed by atoms with Crippen molar-refractivity contribution in [1.82, 2.24) is 4.90 Å². The molecule has 1 fully saturated rings. The first kappa shape index (κ1) is 9.19. The third-order valence-electron chi connectivity index (χ3n) is 1.93. The molecule has 1 amide bonds. The largest absolute Gasteiger partial charge is 0.368 e. The van der Waals surface area contributed by atoms with Gasteiger partial charge in [-0.25, -0.2) is 0 Å². The van der Waals surface area contributed by atoms with Gasteiger partial charge in [0.15, 0.2) is 0 Å². The van der Waals surface area contributed by atoms with Crippen LogP contribution in [-0.4, -0.2) is 43.4 Å². The van der Waals surface area contributed by atoms with Crippen molar-refractivity contribution >= 4 is 12.2 Å². The predicted molar refractivity (Wildman–Crippen MR) is 42.7 cm³/mol. The second-order valence-corrected chi connectivity index (χ2v) is 2.89. The van der Waals surface area contributed by atoms with Crippen molar-refractivity contribution < 1.29 is 14.3 Å². The first-order valence-corrected chi connectivity index (χ1v) is 4.06. The van der Waals surface area contributed by atoms with Crippen molar-refractivity contribution in [2.75, 3.05) is 20.2 Å². The molecule has 1 atom stereocenters. The Hall–Kier alpha value is -0.900. The van der Waals surface area contributed by atoms with Crippen molar-refractivity contribution in [1.29, 1.82) is 0 Å². The number of likely N-dealkylation sites (N-methyl/N-ethyl adjacent to an activating group) is 1. The Bertz CT molecular complexity index is 175. The van der Waals surface area contributed by atoms with E-state index >= 15 is 0 Å². The lowest BCUT2D eigenvalue weighted by atomic mass is 10.2. The smallest absolute Gasteiger partial charge is 0.251 e. The van der Waals surface area contributed by atoms with Gasteiger partial charge < -0.3 is 14.4 Å². The Morgan fingerprint density at radius 2 is 2.50 bits per heavy atom. The molecule has 1 saturated heterocycles. The van der Waals surface area contributed by atoms with Crippen LogP contribution in [-0.2, 0) is 14.3 Å². The van der Waals surface area contributed by atoms with E-state index in [-0.39, 0.29) is 18.6 Å². The Morgan fingerprint density at radius 3 is 3.00 bits per heavy atom. The quantitative estimate of drug-likeness (QED) is 0.553. The van der Waals surface area contributed by atoms with Crippen LogP contribution in [0.1, 0.15) is 12.8 Å². The third kappa shape index (κ3) is 2.04. The van der Waals surface area contributed by atoms with E-state index in [0.29, 0.717) is 12.9 Å². The summed E-state index contributed by atoms with van der Waals surface area (Å²) in [5, 5.41) is 0. The van der Waals surface area contributed by atoms with Crippen LogP contribution in [0.4, 0.5) is 0 Å². The van der Waals surface area contributed by atoms with Gasteiger partial charge in [-0.3, -0.25) is 4.79 Å². The molecule has 0 aromatic carbocycles. The minimum Gasteiger partial charge on any atom is -0.368 e. The lowest BCUT2D eigenvalue weighted by molar-refractivity contribution is -0.140. The van der Waals surface area contributed by atoms with Gasteiger partial charge in [-0.1, -0.05) is 0 Å². The van der Waals surface area contributed by atoms with E-state index in [1.165, 1.54) is 4.90 Å². The van der Waals surface area contributed by atoms with Crippen LogP contribution < -0.4 is 0 Å². The molecule has 0 spiro atoms. The maximum atomic E-state index is 11.4. The topological polar surface area (TPSA) is 46.6 Å². The molecule has 12 heavy (non-hydrogen) atoms. The average Bonchev–Trinajstić information content (AvgIpc) is 2.55. The van der Waals surface area contributed by atoms with Gasteiger partial charge in [-0.15, -0.1) is 0 Å². The molecule has 0 aromatic heterocycles. The third-order valence-corrected chi connectivity index (χ3v) is 1.93. The minimum absolute atomic E-state index is 0.0837. The van der Waals surface area contributed by atoms with Crippen LogP contribution >= 0.6 is 0 Å². The van der Waals surface area contributed by atoms with Crippen molar-refractivity contribution in [3.63, 3.8) is 0 Å². The van der Waals surface area contributed by atoms with Gasteiger partial charge in [0.1, 0.15) is 12.4 Å². The number of aldehydes is 1. The van der Waals surface area contributed by atoms with Gasteiger partial charge in [0, 0.05) is 13.7 Å². The van der Waals surface area contributed by atoms with Gasteiger partial charge in [0.2, 0.25) is 0 Å². The number of rotatable bonds is 3. The molecule has 4 heteroatoms. The number of amides is 1. The summed E-state index contributed by atoms with van der Waals surface area (Å²) in [5.74, 6) is -0.0837. The summed E-state index contributed by atoms with van der Waals surface area (Å²) < 4.78 is 5.18. The summed E-state index contributed by atoms with van der Waals surface area (Å²) in [7, 11) is 1.61. The van der Waals surface area contributed by atoms with Crippen LogP contribution in [0, 0.1) is 0 Å². The Kier molecular flexibility index (Phi) is 3.22. The van der Waals surface area contributed by atoms with Crippen LogP contribution in [0.25, 0.3) is 0 Å². The van der Waals surface area contributed by atoms with Crippen molar-refractivity contribution in [2.45, 2.75) is 18.9 Å². The molecule has 1 unspecified atom stereocenters. The maximum Gasteiger partial charge on any atom is 0.251 e. The summed E-state index contributed by atoms with van der Waals surface area (Å²) in [5.41, 5.74) is 0. The Balaban J connectivity index is 2.39. The van der Waals surface area contributed by atoms with Crippen LogP contribution in [0.2, 0.25) is 0 Å². The zero-order valence-electron chi connectivity index (χ0n) is 7.16. The van der Waals surface area contributed by atoms with Crippen molar-refractivity contribution in [2.24, 2.45) is 0 Å². The molecule has 68 valence electrons. The van der Waals surface area contributed by atoms with E-state index in [4.69, 9.17) is 4.74 Å². The second kappa shape index (κ2) is 4.21. The first-order valence-electron chi connectivity index (χ1n) is 4.06. The fraction of sp³-hybridized carbons (Fsp3) is 0.750. The molecule has 4 nitrogen and oxygen atoms in total. The monoisotopic (exact) mass is 171 g/mol. The fourth-order valence-electron chi connectivity index (χ4n) is 1.22. The van der Waals surface area contributed by atoms with Gasteiger partial charge in [-0.05, 0) is 12.8 Å². The van der Waals surface area contributed by atoms with Gasteiger partial charge in [-0.2, -0.15) is 0 Å². The normalized spacial score (nSPS) is 22.2. The van der Waals surface area contributed by atoms with Crippen LogP contribution in [0.5, 0.6) is 0 Å². The summed E-state index contributed by atoms with van der Waals surface area (Å²) in [6.45, 7) is 0.810. The highest BCUT2D eigenvalue weighted by atomic mass is 16.5. The van der Waals surface area contributed by atoms with Crippen molar-refractivity contribution in [3.05, 3.63) is 0 Å². The second-order valence-electron chi connectivity index (χ2n) is 2.89. The molecule has 0 aromatic rings. The molecule has 0 aliphatic carbocycles. The first-order chi connectivity index (χ1) is 5.75. The number of ether oxygens (including phenoxy) is 1. The van der Waals surface area contributed by atoms with E-state index < -0.39 is 0 Å². The van der Waals surface area contributed by atoms with Crippen molar-refractivity contribution in [3.8, 4) is 0 Å². The van der Waals surface area contributed by atoms with Gasteiger partial charge >= 0.3 is 0 Å². The van der Waals surface area contributed by atoms with Crippen LogP contribution in [0.3, 0.4) is 0 Å². The Morgan fingerprint density at radius 1 is 1.75 bits per heavy atom. The number of hydrogen-bond acceptors (Lipinski definition) is 3. The highest BCUT2D eigenvalue weighted by Gasteiger charge is 2.25. The standard InChI is InChI=1S/C8H13NO3/c1-9(4-5-10)8(11)7-3-2-6-12-7/h5,7H,2-4,6H2,1H3.